The Morgan fingerprint density at radius 3 is 2.53 bits per heavy atom. The summed E-state index contributed by atoms with van der Waals surface area (Å²) in [6, 6.07) is 7.77. The van der Waals surface area contributed by atoms with Crippen molar-refractivity contribution in [3.63, 3.8) is 0 Å². The van der Waals surface area contributed by atoms with E-state index in [9.17, 15) is 4.79 Å². The van der Waals surface area contributed by atoms with E-state index >= 15 is 0 Å². The highest BCUT2D eigenvalue weighted by atomic mass is 16.5. The molecule has 0 saturated carbocycles. The molecular weight excluding hydrogens is 216 g/mol. The summed E-state index contributed by atoms with van der Waals surface area (Å²) in [7, 11) is 1.75. The maximum atomic E-state index is 11.4. The van der Waals surface area contributed by atoms with Crippen LogP contribution < -0.4 is 15.4 Å². The number of ether oxygens (including phenoxy) is 1. The Kier molecular flexibility index (Phi) is 5.49. The summed E-state index contributed by atoms with van der Waals surface area (Å²) >= 11 is 0. The molecular formula is C13H20N2O2. The van der Waals surface area contributed by atoms with Crippen LogP contribution in [-0.4, -0.2) is 26.1 Å². The van der Waals surface area contributed by atoms with Crippen LogP contribution >= 0.6 is 0 Å². The average molecular weight is 236 g/mol. The van der Waals surface area contributed by atoms with E-state index in [-0.39, 0.29) is 11.9 Å². The van der Waals surface area contributed by atoms with Gasteiger partial charge in [0.2, 0.25) is 5.91 Å². The molecule has 1 aromatic carbocycles. The minimum Gasteiger partial charge on any atom is -0.494 e. The number of amides is 1. The second kappa shape index (κ2) is 6.91. The molecule has 17 heavy (non-hydrogen) atoms. The molecule has 0 radical (unpaired) electrons. The Morgan fingerprint density at radius 1 is 1.35 bits per heavy atom. The van der Waals surface area contributed by atoms with Crippen molar-refractivity contribution in [1.29, 1.82) is 0 Å². The van der Waals surface area contributed by atoms with E-state index in [1.807, 2.05) is 38.1 Å². The maximum absolute atomic E-state index is 11.4. The van der Waals surface area contributed by atoms with Crippen LogP contribution in [0.25, 0.3) is 0 Å². The Balaban J connectivity index is 2.56. The lowest BCUT2D eigenvalue weighted by molar-refractivity contribution is -0.120. The minimum atomic E-state index is -0.00566. The molecule has 1 rings (SSSR count). The molecule has 1 unspecified atom stereocenters. The number of carbonyl (C=O) groups excluding carboxylic acids is 1. The molecule has 0 spiro atoms. The van der Waals surface area contributed by atoms with Crippen LogP contribution in [0.2, 0.25) is 0 Å². The second-order valence-corrected chi connectivity index (χ2v) is 3.82. The Bertz CT molecular complexity index is 349. The molecule has 1 aromatic rings. The highest BCUT2D eigenvalue weighted by Crippen LogP contribution is 2.17. The molecule has 4 nitrogen and oxygen atoms in total. The molecule has 0 aliphatic carbocycles. The first kappa shape index (κ1) is 13.5. The SMILES string of the molecule is CCOc1ccc(C(C)NC(=O)CNC)cc1. The Morgan fingerprint density at radius 2 is 2.00 bits per heavy atom. The number of hydrogen-bond donors (Lipinski definition) is 2. The molecule has 94 valence electrons. The van der Waals surface area contributed by atoms with Crippen LogP contribution in [0.5, 0.6) is 5.75 Å². The van der Waals surface area contributed by atoms with Gasteiger partial charge in [0, 0.05) is 0 Å². The smallest absolute Gasteiger partial charge is 0.234 e. The van der Waals surface area contributed by atoms with Gasteiger partial charge in [-0.15, -0.1) is 0 Å². The van der Waals surface area contributed by atoms with Crippen LogP contribution in [0.4, 0.5) is 0 Å². The number of benzene rings is 1. The van der Waals surface area contributed by atoms with E-state index < -0.39 is 0 Å². The average Bonchev–Trinajstić information content (AvgIpc) is 2.30. The van der Waals surface area contributed by atoms with Crippen molar-refractivity contribution in [2.45, 2.75) is 19.9 Å². The molecule has 0 bridgehead atoms. The van der Waals surface area contributed by atoms with Gasteiger partial charge in [-0.1, -0.05) is 12.1 Å². The van der Waals surface area contributed by atoms with Crippen LogP contribution in [0.3, 0.4) is 0 Å². The van der Waals surface area contributed by atoms with Gasteiger partial charge in [0.05, 0.1) is 19.2 Å². The van der Waals surface area contributed by atoms with Crippen LogP contribution in [0.15, 0.2) is 24.3 Å². The first-order valence-electron chi connectivity index (χ1n) is 5.84. The van der Waals surface area contributed by atoms with Crippen molar-refractivity contribution in [3.8, 4) is 5.75 Å². The van der Waals surface area contributed by atoms with Gasteiger partial charge in [-0.2, -0.15) is 0 Å². The van der Waals surface area contributed by atoms with Crippen molar-refractivity contribution >= 4 is 5.91 Å². The predicted molar refractivity (Wildman–Crippen MR) is 68.1 cm³/mol. The van der Waals surface area contributed by atoms with Gasteiger partial charge in [0.25, 0.3) is 0 Å². The molecule has 1 amide bonds. The number of hydrogen-bond acceptors (Lipinski definition) is 3. The standard InChI is InChI=1S/C13H20N2O2/c1-4-17-12-7-5-11(6-8-12)10(2)15-13(16)9-14-3/h5-8,10,14H,4,9H2,1-3H3,(H,15,16). The summed E-state index contributed by atoms with van der Waals surface area (Å²) in [5.74, 6) is 0.846. The highest BCUT2D eigenvalue weighted by Gasteiger charge is 2.08. The summed E-state index contributed by atoms with van der Waals surface area (Å²) in [4.78, 5) is 11.4. The number of carbonyl (C=O) groups is 1. The van der Waals surface area contributed by atoms with E-state index in [1.54, 1.807) is 7.05 Å². The van der Waals surface area contributed by atoms with E-state index in [1.165, 1.54) is 0 Å². The monoisotopic (exact) mass is 236 g/mol. The summed E-state index contributed by atoms with van der Waals surface area (Å²) in [5, 5.41) is 5.72. The van der Waals surface area contributed by atoms with Gasteiger partial charge in [-0.25, -0.2) is 0 Å². The van der Waals surface area contributed by atoms with Crippen molar-refractivity contribution in [3.05, 3.63) is 29.8 Å². The zero-order valence-corrected chi connectivity index (χ0v) is 10.6. The topological polar surface area (TPSA) is 50.4 Å². The van der Waals surface area contributed by atoms with Crippen molar-refractivity contribution < 1.29 is 9.53 Å². The lowest BCUT2D eigenvalue weighted by Gasteiger charge is -2.14. The molecule has 2 N–H and O–H groups in total. The normalized spacial score (nSPS) is 11.9. The molecule has 4 heteroatoms. The first-order chi connectivity index (χ1) is 8.17. The fourth-order valence-corrected chi connectivity index (χ4v) is 1.56. The highest BCUT2D eigenvalue weighted by molar-refractivity contribution is 5.78. The van der Waals surface area contributed by atoms with Crippen molar-refractivity contribution in [2.75, 3.05) is 20.2 Å². The number of rotatable bonds is 6. The van der Waals surface area contributed by atoms with E-state index in [2.05, 4.69) is 10.6 Å². The number of nitrogens with one attached hydrogen (secondary N) is 2. The largest absolute Gasteiger partial charge is 0.494 e. The summed E-state index contributed by atoms with van der Waals surface area (Å²) < 4.78 is 5.36. The number of likely N-dealkylation sites (N-methyl/N-ethyl adjacent to an activating group) is 1. The minimum absolute atomic E-state index is 0.00566. The van der Waals surface area contributed by atoms with Gasteiger partial charge in [0.15, 0.2) is 0 Å². The van der Waals surface area contributed by atoms with Crippen LogP contribution in [0, 0.1) is 0 Å². The molecule has 0 aliphatic rings. The lowest BCUT2D eigenvalue weighted by Crippen LogP contribution is -2.33. The van der Waals surface area contributed by atoms with E-state index in [4.69, 9.17) is 4.74 Å². The molecule has 0 heterocycles. The molecule has 0 saturated heterocycles. The fraction of sp³-hybridized carbons (Fsp3) is 0.462. The van der Waals surface area contributed by atoms with Crippen molar-refractivity contribution in [2.24, 2.45) is 0 Å². The third-order valence-corrected chi connectivity index (χ3v) is 2.41. The van der Waals surface area contributed by atoms with Crippen LogP contribution in [0.1, 0.15) is 25.5 Å². The quantitative estimate of drug-likeness (QED) is 0.786. The molecule has 1 atom stereocenters. The van der Waals surface area contributed by atoms with Gasteiger partial charge in [-0.05, 0) is 38.6 Å². The zero-order valence-electron chi connectivity index (χ0n) is 10.6. The third kappa shape index (κ3) is 4.44. The summed E-state index contributed by atoms with van der Waals surface area (Å²) in [5.41, 5.74) is 1.07. The van der Waals surface area contributed by atoms with Crippen LogP contribution in [-0.2, 0) is 4.79 Å². The van der Waals surface area contributed by atoms with Gasteiger partial charge in [0.1, 0.15) is 5.75 Å². The molecule has 0 aliphatic heterocycles. The van der Waals surface area contributed by atoms with E-state index in [0.29, 0.717) is 13.2 Å². The van der Waals surface area contributed by atoms with Gasteiger partial charge in [-0.3, -0.25) is 4.79 Å². The maximum Gasteiger partial charge on any atom is 0.234 e. The molecule has 0 fully saturated rings. The van der Waals surface area contributed by atoms with Gasteiger partial charge >= 0.3 is 0 Å². The lowest BCUT2D eigenvalue weighted by atomic mass is 10.1. The molecule has 0 aromatic heterocycles. The van der Waals surface area contributed by atoms with E-state index in [0.717, 1.165) is 11.3 Å². The third-order valence-electron chi connectivity index (χ3n) is 2.41. The first-order valence-corrected chi connectivity index (χ1v) is 5.84. The zero-order chi connectivity index (χ0) is 12.7. The van der Waals surface area contributed by atoms with Gasteiger partial charge < -0.3 is 15.4 Å². The second-order valence-electron chi connectivity index (χ2n) is 3.82. The Hall–Kier alpha value is -1.55. The predicted octanol–water partition coefficient (Wildman–Crippen LogP) is 1.48. The summed E-state index contributed by atoms with van der Waals surface area (Å²) in [6.07, 6.45) is 0. The fourth-order valence-electron chi connectivity index (χ4n) is 1.56. The summed E-state index contributed by atoms with van der Waals surface area (Å²) in [6.45, 7) is 4.91. The van der Waals surface area contributed by atoms with Crippen molar-refractivity contribution in [1.82, 2.24) is 10.6 Å². The Labute approximate surface area is 102 Å².